The summed E-state index contributed by atoms with van der Waals surface area (Å²) >= 11 is 2.09. The van der Waals surface area contributed by atoms with Gasteiger partial charge in [0.25, 0.3) is 0 Å². The summed E-state index contributed by atoms with van der Waals surface area (Å²) in [6.45, 7) is 2.57. The van der Waals surface area contributed by atoms with E-state index in [4.69, 9.17) is 0 Å². The molecule has 0 spiro atoms. The van der Waals surface area contributed by atoms with Gasteiger partial charge in [-0.05, 0) is 85.8 Å². The largest absolute Gasteiger partial charge is 0.416 e. The van der Waals surface area contributed by atoms with E-state index in [0.29, 0.717) is 11.6 Å². The van der Waals surface area contributed by atoms with Crippen molar-refractivity contribution >= 4 is 22.9 Å². The Hall–Kier alpha value is -1.87. The van der Waals surface area contributed by atoms with Crippen LogP contribution < -0.4 is 3.53 Å². The van der Waals surface area contributed by atoms with Gasteiger partial charge in [-0.3, -0.25) is 3.53 Å². The monoisotopic (exact) mass is 567 g/mol. The van der Waals surface area contributed by atoms with Crippen LogP contribution in [0.1, 0.15) is 71.9 Å². The minimum Gasteiger partial charge on any atom is -0.306 e. The third-order valence-corrected chi connectivity index (χ3v) is 7.21. The summed E-state index contributed by atoms with van der Waals surface area (Å²) in [6, 6.07) is 13.2. The minimum atomic E-state index is -4.40. The van der Waals surface area contributed by atoms with E-state index < -0.39 is 11.7 Å². The fourth-order valence-corrected chi connectivity index (χ4v) is 4.80. The smallest absolute Gasteiger partial charge is 0.306 e. The summed E-state index contributed by atoms with van der Waals surface area (Å²) in [5.74, 6) is 0.723. The van der Waals surface area contributed by atoms with E-state index in [2.05, 4.69) is 55.6 Å². The normalized spacial score (nSPS) is 15.4. The number of halogens is 4. The number of hydrogen-bond donors (Lipinski definition) is 1. The summed E-state index contributed by atoms with van der Waals surface area (Å²) in [4.78, 5) is 4.19. The van der Waals surface area contributed by atoms with Crippen molar-refractivity contribution in [2.75, 3.05) is 6.54 Å². The minimum absolute atomic E-state index is 0.0178. The van der Waals surface area contributed by atoms with E-state index in [9.17, 15) is 13.2 Å². The molecule has 176 valence electrons. The highest BCUT2D eigenvalue weighted by atomic mass is 127. The summed E-state index contributed by atoms with van der Waals surface area (Å²) in [7, 11) is 0. The van der Waals surface area contributed by atoms with Gasteiger partial charge in [-0.15, -0.1) is 0 Å². The molecule has 4 rings (SSSR count). The lowest BCUT2D eigenvalue weighted by molar-refractivity contribution is -0.137. The number of aryl methyl sites for hydroxylation is 2. The zero-order valence-corrected chi connectivity index (χ0v) is 20.9. The Balaban J connectivity index is 1.58. The maximum Gasteiger partial charge on any atom is 0.416 e. The highest BCUT2D eigenvalue weighted by Crippen LogP contribution is 2.37. The second-order valence-electron chi connectivity index (χ2n) is 9.01. The van der Waals surface area contributed by atoms with Gasteiger partial charge in [0.05, 0.1) is 17.6 Å². The molecule has 1 N–H and O–H groups in total. The summed E-state index contributed by atoms with van der Waals surface area (Å²) < 4.78 is 46.0. The number of benzene rings is 2. The molecule has 3 nitrogen and oxygen atoms in total. The molecule has 1 aliphatic carbocycles. The third kappa shape index (κ3) is 6.18. The number of nitrogens with zero attached hydrogens (tertiary/aromatic N) is 2. The van der Waals surface area contributed by atoms with Gasteiger partial charge in [-0.25, -0.2) is 4.98 Å². The maximum atomic E-state index is 13.7. The average molecular weight is 567 g/mol. The Morgan fingerprint density at radius 1 is 1.12 bits per heavy atom. The van der Waals surface area contributed by atoms with Crippen LogP contribution >= 0.6 is 22.9 Å². The van der Waals surface area contributed by atoms with E-state index in [0.717, 1.165) is 37.1 Å². The topological polar surface area (TPSA) is 29.9 Å². The van der Waals surface area contributed by atoms with E-state index in [-0.39, 0.29) is 5.92 Å². The highest BCUT2D eigenvalue weighted by molar-refractivity contribution is 14.1. The third-order valence-electron chi connectivity index (χ3n) is 6.67. The first-order valence-corrected chi connectivity index (χ1v) is 12.6. The molecule has 1 unspecified atom stereocenters. The summed E-state index contributed by atoms with van der Waals surface area (Å²) in [5, 5.41) is 0. The van der Waals surface area contributed by atoms with Crippen LogP contribution in [0.2, 0.25) is 0 Å². The van der Waals surface area contributed by atoms with Crippen molar-refractivity contribution in [1.29, 1.82) is 0 Å². The van der Waals surface area contributed by atoms with Crippen molar-refractivity contribution in [1.82, 2.24) is 13.1 Å². The zero-order chi connectivity index (χ0) is 23.4. The first kappa shape index (κ1) is 24.3. The van der Waals surface area contributed by atoms with E-state index in [1.54, 1.807) is 17.1 Å². The number of nitrogens with one attached hydrogen (secondary N) is 1. The second-order valence-corrected chi connectivity index (χ2v) is 9.77. The molecular formula is C26H29F3IN3. The number of hydrogen-bond acceptors (Lipinski definition) is 2. The Morgan fingerprint density at radius 2 is 1.88 bits per heavy atom. The fourth-order valence-electron chi connectivity index (χ4n) is 4.49. The SMILES string of the molecule is Cc1cn(-c2cc(C(CCNI)CCc3ccc(C4CCC4)cc3)cc(C(F)(F)F)c2)cn1. The molecule has 1 aliphatic rings. The Labute approximate surface area is 207 Å². The molecule has 0 saturated heterocycles. The molecule has 7 heteroatoms. The number of alkyl halides is 3. The molecule has 0 amide bonds. The molecule has 0 aliphatic heterocycles. The van der Waals surface area contributed by atoms with Crippen LogP contribution in [0.25, 0.3) is 5.69 Å². The zero-order valence-electron chi connectivity index (χ0n) is 18.7. The fraction of sp³-hybridized carbons (Fsp3) is 0.423. The van der Waals surface area contributed by atoms with E-state index in [1.165, 1.54) is 42.5 Å². The molecule has 1 fully saturated rings. The van der Waals surface area contributed by atoms with E-state index in [1.807, 2.05) is 13.0 Å². The van der Waals surface area contributed by atoms with Crippen LogP contribution in [0.15, 0.2) is 55.0 Å². The van der Waals surface area contributed by atoms with Crippen LogP contribution in [-0.2, 0) is 12.6 Å². The van der Waals surface area contributed by atoms with Crippen LogP contribution in [0.3, 0.4) is 0 Å². The lowest BCUT2D eigenvalue weighted by Gasteiger charge is -2.26. The quantitative estimate of drug-likeness (QED) is 0.214. The van der Waals surface area contributed by atoms with Crippen molar-refractivity contribution in [3.05, 3.63) is 82.9 Å². The van der Waals surface area contributed by atoms with Crippen molar-refractivity contribution in [2.45, 2.75) is 63.5 Å². The number of rotatable bonds is 9. The Morgan fingerprint density at radius 3 is 2.45 bits per heavy atom. The number of imidazole rings is 1. The molecule has 2 aromatic carbocycles. The van der Waals surface area contributed by atoms with Crippen molar-refractivity contribution in [3.63, 3.8) is 0 Å². The molecule has 3 aromatic rings. The van der Waals surface area contributed by atoms with Gasteiger partial charge in [0, 0.05) is 41.3 Å². The summed E-state index contributed by atoms with van der Waals surface area (Å²) in [6.07, 6.45) is 5.20. The van der Waals surface area contributed by atoms with Crippen LogP contribution in [0.4, 0.5) is 13.2 Å². The Kier molecular flexibility index (Phi) is 7.79. The summed E-state index contributed by atoms with van der Waals surface area (Å²) in [5.41, 5.74) is 4.03. The molecular weight excluding hydrogens is 538 g/mol. The lowest BCUT2D eigenvalue weighted by atomic mass is 9.80. The first-order chi connectivity index (χ1) is 15.8. The lowest BCUT2D eigenvalue weighted by Crippen LogP contribution is -2.12. The first-order valence-electron chi connectivity index (χ1n) is 11.5. The standard InChI is InChI=1S/C26H29F3IN3/c1-18-16-33(17-31-18)25-14-23(13-24(15-25)26(27,28)29)22(11-12-32-30)10-7-19-5-8-21(9-6-19)20-3-2-4-20/h5-6,8-9,13-17,20,22,32H,2-4,7,10-12H2,1H3. The predicted molar refractivity (Wildman–Crippen MR) is 134 cm³/mol. The maximum absolute atomic E-state index is 13.7. The van der Waals surface area contributed by atoms with Gasteiger partial charge < -0.3 is 4.57 Å². The highest BCUT2D eigenvalue weighted by Gasteiger charge is 2.32. The van der Waals surface area contributed by atoms with Gasteiger partial charge in [0.2, 0.25) is 0 Å². The van der Waals surface area contributed by atoms with Gasteiger partial charge in [-0.1, -0.05) is 30.7 Å². The Bertz CT molecular complexity index is 1060. The molecule has 0 radical (unpaired) electrons. The predicted octanol–water partition coefficient (Wildman–Crippen LogP) is 7.51. The van der Waals surface area contributed by atoms with Gasteiger partial charge >= 0.3 is 6.18 Å². The van der Waals surface area contributed by atoms with E-state index >= 15 is 0 Å². The van der Waals surface area contributed by atoms with Crippen LogP contribution in [0, 0.1) is 6.92 Å². The molecule has 1 heterocycles. The van der Waals surface area contributed by atoms with Gasteiger partial charge in [0.15, 0.2) is 0 Å². The molecule has 33 heavy (non-hydrogen) atoms. The van der Waals surface area contributed by atoms with Crippen LogP contribution in [0.5, 0.6) is 0 Å². The average Bonchev–Trinajstić information content (AvgIpc) is 3.19. The molecule has 1 aromatic heterocycles. The number of aromatic nitrogens is 2. The van der Waals surface area contributed by atoms with Crippen molar-refractivity contribution in [2.24, 2.45) is 0 Å². The van der Waals surface area contributed by atoms with Crippen molar-refractivity contribution in [3.8, 4) is 5.69 Å². The molecule has 0 bridgehead atoms. The van der Waals surface area contributed by atoms with Gasteiger partial charge in [0.1, 0.15) is 0 Å². The second kappa shape index (κ2) is 10.6. The molecule has 1 atom stereocenters. The molecule has 1 saturated carbocycles. The van der Waals surface area contributed by atoms with Gasteiger partial charge in [-0.2, -0.15) is 13.2 Å². The van der Waals surface area contributed by atoms with Crippen LogP contribution in [-0.4, -0.2) is 16.1 Å². The van der Waals surface area contributed by atoms with Crippen molar-refractivity contribution < 1.29 is 13.2 Å².